The first-order valence-electron chi connectivity index (χ1n) is 6.28. The van der Waals surface area contributed by atoms with Crippen molar-refractivity contribution in [2.75, 3.05) is 0 Å². The summed E-state index contributed by atoms with van der Waals surface area (Å²) in [7, 11) is 1.55. The lowest BCUT2D eigenvalue weighted by atomic mass is 9.87. The SMILES string of the molecule is Bc1cccc(C(F)(F)F)c1Cn1c(C)c(Br)c(=O)[nH]c1=O. The van der Waals surface area contributed by atoms with E-state index in [2.05, 4.69) is 20.9 Å². The Morgan fingerprint density at radius 3 is 2.55 bits per heavy atom. The number of rotatable bonds is 2. The maximum atomic E-state index is 13.1. The van der Waals surface area contributed by atoms with Gasteiger partial charge in [-0.15, -0.1) is 0 Å². The third-order valence-corrected chi connectivity index (χ3v) is 4.35. The molecule has 0 unspecified atom stereocenters. The average Bonchev–Trinajstić information content (AvgIpc) is 2.41. The van der Waals surface area contributed by atoms with Crippen LogP contribution in [0.5, 0.6) is 0 Å². The first-order chi connectivity index (χ1) is 10.1. The number of H-pyrrole nitrogens is 1. The van der Waals surface area contributed by atoms with Gasteiger partial charge in [0.1, 0.15) is 12.3 Å². The minimum absolute atomic E-state index is 0.000788. The van der Waals surface area contributed by atoms with Gasteiger partial charge < -0.3 is 0 Å². The van der Waals surface area contributed by atoms with Crippen LogP contribution in [-0.2, 0) is 12.7 Å². The molecule has 0 saturated carbocycles. The molecule has 9 heteroatoms. The van der Waals surface area contributed by atoms with Crippen molar-refractivity contribution in [2.24, 2.45) is 0 Å². The van der Waals surface area contributed by atoms with Crippen LogP contribution in [0, 0.1) is 6.92 Å². The molecule has 22 heavy (non-hydrogen) atoms. The smallest absolute Gasteiger partial charge is 0.292 e. The van der Waals surface area contributed by atoms with Crippen molar-refractivity contribution in [3.63, 3.8) is 0 Å². The van der Waals surface area contributed by atoms with Gasteiger partial charge in [-0.25, -0.2) is 4.79 Å². The summed E-state index contributed by atoms with van der Waals surface area (Å²) in [4.78, 5) is 25.4. The zero-order valence-electron chi connectivity index (χ0n) is 11.7. The van der Waals surface area contributed by atoms with Gasteiger partial charge in [-0.05, 0) is 34.5 Å². The maximum Gasteiger partial charge on any atom is 0.416 e. The Morgan fingerprint density at radius 1 is 1.32 bits per heavy atom. The standard InChI is InChI=1S/C13H11BBrF3N2O2/c1-6-10(15)11(21)19-12(22)20(6)5-7-8(13(16,17)18)3-2-4-9(7)14/h2-4H,5,14H2,1H3,(H,19,21,22). The van der Waals surface area contributed by atoms with Crippen molar-refractivity contribution in [1.29, 1.82) is 0 Å². The average molecular weight is 375 g/mol. The van der Waals surface area contributed by atoms with Gasteiger partial charge in [0.2, 0.25) is 0 Å². The predicted octanol–water partition coefficient (Wildman–Crippen LogP) is 0.933. The summed E-state index contributed by atoms with van der Waals surface area (Å²) in [6, 6.07) is 3.84. The van der Waals surface area contributed by atoms with Crippen LogP contribution in [0.4, 0.5) is 13.2 Å². The molecule has 1 aromatic carbocycles. The summed E-state index contributed by atoms with van der Waals surface area (Å²) in [5.74, 6) is 0. The van der Waals surface area contributed by atoms with Crippen molar-refractivity contribution in [2.45, 2.75) is 19.6 Å². The van der Waals surface area contributed by atoms with Crippen LogP contribution in [0.1, 0.15) is 16.8 Å². The molecule has 0 aliphatic carbocycles. The molecule has 0 aliphatic rings. The number of nitrogens with zero attached hydrogens (tertiary/aromatic N) is 1. The number of benzene rings is 1. The van der Waals surface area contributed by atoms with Crippen molar-refractivity contribution >= 4 is 29.2 Å². The molecule has 0 radical (unpaired) electrons. The lowest BCUT2D eigenvalue weighted by Crippen LogP contribution is -2.34. The molecule has 1 N–H and O–H groups in total. The molecule has 4 nitrogen and oxygen atoms in total. The van der Waals surface area contributed by atoms with E-state index >= 15 is 0 Å². The molecule has 0 fully saturated rings. The summed E-state index contributed by atoms with van der Waals surface area (Å²) in [5.41, 5.74) is -1.46. The van der Waals surface area contributed by atoms with Crippen LogP contribution < -0.4 is 16.7 Å². The maximum absolute atomic E-state index is 13.1. The van der Waals surface area contributed by atoms with E-state index in [4.69, 9.17) is 0 Å². The third-order valence-electron chi connectivity index (χ3n) is 3.42. The van der Waals surface area contributed by atoms with E-state index in [0.717, 1.165) is 10.6 Å². The lowest BCUT2D eigenvalue weighted by molar-refractivity contribution is -0.138. The molecule has 1 aromatic heterocycles. The largest absolute Gasteiger partial charge is 0.416 e. The molecular formula is C13H11BBrF3N2O2. The van der Waals surface area contributed by atoms with Gasteiger partial charge in [-0.3, -0.25) is 14.3 Å². The Balaban J connectivity index is 2.66. The number of hydrogen-bond acceptors (Lipinski definition) is 2. The fourth-order valence-electron chi connectivity index (χ4n) is 2.18. The van der Waals surface area contributed by atoms with Gasteiger partial charge in [-0.1, -0.05) is 17.6 Å². The number of aromatic amines is 1. The van der Waals surface area contributed by atoms with E-state index in [1.807, 2.05) is 0 Å². The molecular weight excluding hydrogens is 364 g/mol. The molecule has 0 spiro atoms. The van der Waals surface area contributed by atoms with Crippen LogP contribution in [0.2, 0.25) is 0 Å². The number of nitrogens with one attached hydrogen (secondary N) is 1. The van der Waals surface area contributed by atoms with E-state index < -0.39 is 23.0 Å². The summed E-state index contributed by atoms with van der Waals surface area (Å²) in [6.45, 7) is 1.22. The monoisotopic (exact) mass is 374 g/mol. The van der Waals surface area contributed by atoms with E-state index in [1.165, 1.54) is 13.0 Å². The highest BCUT2D eigenvalue weighted by molar-refractivity contribution is 9.10. The number of alkyl halides is 3. The molecule has 0 aliphatic heterocycles. The number of halogens is 4. The van der Waals surface area contributed by atoms with Crippen LogP contribution in [0.25, 0.3) is 0 Å². The molecule has 0 bridgehead atoms. The second-order valence-electron chi connectivity index (χ2n) is 4.84. The second-order valence-corrected chi connectivity index (χ2v) is 5.64. The van der Waals surface area contributed by atoms with Gasteiger partial charge in [0, 0.05) is 5.69 Å². The zero-order valence-corrected chi connectivity index (χ0v) is 13.3. The summed E-state index contributed by atoms with van der Waals surface area (Å²) < 4.78 is 40.6. The first kappa shape index (κ1) is 16.6. The van der Waals surface area contributed by atoms with Crippen molar-refractivity contribution < 1.29 is 13.2 Å². The van der Waals surface area contributed by atoms with Crippen molar-refractivity contribution in [1.82, 2.24) is 9.55 Å². The fraction of sp³-hybridized carbons (Fsp3) is 0.231. The van der Waals surface area contributed by atoms with E-state index in [9.17, 15) is 22.8 Å². The lowest BCUT2D eigenvalue weighted by Gasteiger charge is -2.18. The summed E-state index contributed by atoms with van der Waals surface area (Å²) in [5, 5.41) is 0. The Morgan fingerprint density at radius 2 is 1.95 bits per heavy atom. The van der Waals surface area contributed by atoms with Gasteiger partial charge in [0.25, 0.3) is 5.56 Å². The zero-order chi connectivity index (χ0) is 16.7. The highest BCUT2D eigenvalue weighted by Crippen LogP contribution is 2.31. The van der Waals surface area contributed by atoms with E-state index in [0.29, 0.717) is 5.46 Å². The first-order valence-corrected chi connectivity index (χ1v) is 7.07. The van der Waals surface area contributed by atoms with Crippen LogP contribution in [-0.4, -0.2) is 17.4 Å². The molecule has 0 atom stereocenters. The summed E-state index contributed by atoms with van der Waals surface area (Å²) in [6.07, 6.45) is -4.52. The summed E-state index contributed by atoms with van der Waals surface area (Å²) >= 11 is 3.03. The Bertz CT molecular complexity index is 843. The molecule has 116 valence electrons. The molecule has 2 rings (SSSR count). The molecule has 2 aromatic rings. The van der Waals surface area contributed by atoms with Crippen molar-refractivity contribution in [3.05, 3.63) is 60.3 Å². The molecule has 0 saturated heterocycles. The van der Waals surface area contributed by atoms with Crippen LogP contribution >= 0.6 is 15.9 Å². The number of aromatic nitrogens is 2. The molecule has 0 amide bonds. The minimum Gasteiger partial charge on any atom is -0.292 e. The topological polar surface area (TPSA) is 54.9 Å². The fourth-order valence-corrected chi connectivity index (χ4v) is 2.49. The van der Waals surface area contributed by atoms with Crippen LogP contribution in [0.15, 0.2) is 32.3 Å². The van der Waals surface area contributed by atoms with E-state index in [-0.39, 0.29) is 22.3 Å². The third kappa shape index (κ3) is 3.04. The minimum atomic E-state index is -4.52. The highest BCUT2D eigenvalue weighted by Gasteiger charge is 2.33. The quantitative estimate of drug-likeness (QED) is 0.795. The second kappa shape index (κ2) is 5.79. The van der Waals surface area contributed by atoms with E-state index in [1.54, 1.807) is 13.9 Å². The Hall–Kier alpha value is -1.77. The number of hydrogen-bond donors (Lipinski definition) is 1. The van der Waals surface area contributed by atoms with Crippen LogP contribution in [0.3, 0.4) is 0 Å². The van der Waals surface area contributed by atoms with Gasteiger partial charge in [-0.2, -0.15) is 13.2 Å². The van der Waals surface area contributed by atoms with Crippen molar-refractivity contribution in [3.8, 4) is 0 Å². The van der Waals surface area contributed by atoms with Gasteiger partial charge in [0.15, 0.2) is 0 Å². The van der Waals surface area contributed by atoms with Gasteiger partial charge >= 0.3 is 11.9 Å². The highest BCUT2D eigenvalue weighted by atomic mass is 79.9. The predicted molar refractivity (Wildman–Crippen MR) is 82.5 cm³/mol. The normalized spacial score (nSPS) is 11.7. The van der Waals surface area contributed by atoms with Gasteiger partial charge in [0.05, 0.1) is 12.1 Å². The molecule has 1 heterocycles. The Kier molecular flexibility index (Phi) is 4.37. The Labute approximate surface area is 132 Å².